The van der Waals surface area contributed by atoms with Gasteiger partial charge in [-0.25, -0.2) is 9.97 Å². The Morgan fingerprint density at radius 2 is 2.29 bits per heavy atom. The molecule has 0 fully saturated rings. The van der Waals surface area contributed by atoms with Crippen molar-refractivity contribution < 1.29 is 0 Å². The highest BCUT2D eigenvalue weighted by Gasteiger charge is 2.04. The Hall–Kier alpha value is -1.01. The number of aromatic amines is 1. The van der Waals surface area contributed by atoms with E-state index in [1.807, 2.05) is 11.6 Å². The highest BCUT2D eigenvalue weighted by molar-refractivity contribution is 9.10. The minimum absolute atomic E-state index is 0.635. The maximum Gasteiger partial charge on any atom is 0.156 e. The molecule has 72 valence electrons. The predicted molar refractivity (Wildman–Crippen MR) is 59.3 cm³/mol. The molecule has 0 spiro atoms. The van der Waals surface area contributed by atoms with Crippen LogP contribution in [0.2, 0.25) is 0 Å². The number of aryl methyl sites for hydroxylation is 1. The summed E-state index contributed by atoms with van der Waals surface area (Å²) in [6, 6.07) is 0. The number of aromatic nitrogens is 4. The van der Waals surface area contributed by atoms with Crippen LogP contribution in [0.4, 0.5) is 0 Å². The number of hydrogen-bond donors (Lipinski definition) is 1. The lowest BCUT2D eigenvalue weighted by Gasteiger charge is -2.01. The Morgan fingerprint density at radius 1 is 1.50 bits per heavy atom. The van der Waals surface area contributed by atoms with Gasteiger partial charge in [-0.1, -0.05) is 12.2 Å². The topological polar surface area (TPSA) is 46.5 Å². The molecule has 0 atom stereocenters. The van der Waals surface area contributed by atoms with Gasteiger partial charge in [-0.05, 0) is 15.9 Å². The number of imidazole rings is 1. The summed E-state index contributed by atoms with van der Waals surface area (Å²) >= 11 is 8.38. The van der Waals surface area contributed by atoms with Crippen LogP contribution in [0.5, 0.6) is 0 Å². The van der Waals surface area contributed by atoms with Crippen LogP contribution < -0.4 is 0 Å². The van der Waals surface area contributed by atoms with E-state index in [0.717, 1.165) is 16.0 Å². The molecule has 0 saturated heterocycles. The van der Waals surface area contributed by atoms with Crippen molar-refractivity contribution in [3.8, 4) is 11.5 Å². The molecule has 0 bridgehead atoms. The minimum Gasteiger partial charge on any atom is -0.331 e. The van der Waals surface area contributed by atoms with Gasteiger partial charge in [-0.15, -0.1) is 0 Å². The number of rotatable bonds is 1. The highest BCUT2D eigenvalue weighted by atomic mass is 79.9. The van der Waals surface area contributed by atoms with Crippen LogP contribution in [0.1, 0.15) is 0 Å². The summed E-state index contributed by atoms with van der Waals surface area (Å²) in [6.07, 6.45) is 5.14. The lowest BCUT2D eigenvalue weighted by molar-refractivity contribution is 0.907. The van der Waals surface area contributed by atoms with E-state index in [4.69, 9.17) is 12.2 Å². The van der Waals surface area contributed by atoms with Crippen LogP contribution in [-0.4, -0.2) is 19.5 Å². The van der Waals surface area contributed by atoms with Crippen molar-refractivity contribution >= 4 is 28.1 Å². The molecule has 2 heterocycles. The van der Waals surface area contributed by atoms with Crippen molar-refractivity contribution in [1.82, 2.24) is 19.5 Å². The summed E-state index contributed by atoms with van der Waals surface area (Å²) in [5.41, 5.74) is 0.906. The molecule has 0 saturated carbocycles. The average Bonchev–Trinajstić information content (AvgIpc) is 2.57. The first kappa shape index (κ1) is 9.54. The number of nitrogens with one attached hydrogen (secondary N) is 1. The number of halogens is 1. The van der Waals surface area contributed by atoms with E-state index >= 15 is 0 Å². The molecule has 0 unspecified atom stereocenters. The summed E-state index contributed by atoms with van der Waals surface area (Å²) in [5.74, 6) is 0.721. The van der Waals surface area contributed by atoms with Crippen molar-refractivity contribution in [3.63, 3.8) is 0 Å². The van der Waals surface area contributed by atoms with Gasteiger partial charge in [0.15, 0.2) is 5.82 Å². The molecule has 0 aliphatic rings. The van der Waals surface area contributed by atoms with E-state index in [1.54, 1.807) is 18.7 Å². The van der Waals surface area contributed by atoms with E-state index in [1.165, 1.54) is 0 Å². The zero-order valence-corrected chi connectivity index (χ0v) is 9.76. The third-order valence-electron chi connectivity index (χ3n) is 1.82. The summed E-state index contributed by atoms with van der Waals surface area (Å²) in [7, 11) is 1.91. The van der Waals surface area contributed by atoms with Crippen molar-refractivity contribution in [1.29, 1.82) is 0 Å². The zero-order valence-electron chi connectivity index (χ0n) is 7.36. The molecule has 0 aliphatic carbocycles. The van der Waals surface area contributed by atoms with E-state index in [0.29, 0.717) is 4.64 Å². The predicted octanol–water partition coefficient (Wildman–Crippen LogP) is 2.30. The smallest absolute Gasteiger partial charge is 0.156 e. The average molecular weight is 271 g/mol. The Labute approximate surface area is 94.2 Å². The molecular formula is C8H7BrN4S. The Balaban J connectivity index is 2.59. The van der Waals surface area contributed by atoms with Gasteiger partial charge in [-0.3, -0.25) is 0 Å². The summed E-state index contributed by atoms with van der Waals surface area (Å²) in [6.45, 7) is 0. The molecule has 0 amide bonds. The van der Waals surface area contributed by atoms with Gasteiger partial charge >= 0.3 is 0 Å². The van der Waals surface area contributed by atoms with Gasteiger partial charge in [0.2, 0.25) is 0 Å². The van der Waals surface area contributed by atoms with Gasteiger partial charge in [-0.2, -0.15) is 0 Å². The monoisotopic (exact) mass is 270 g/mol. The molecule has 6 heteroatoms. The van der Waals surface area contributed by atoms with Crippen LogP contribution in [0.25, 0.3) is 11.5 Å². The van der Waals surface area contributed by atoms with Crippen molar-refractivity contribution in [2.75, 3.05) is 0 Å². The van der Waals surface area contributed by atoms with Gasteiger partial charge in [0.05, 0.1) is 17.0 Å². The largest absolute Gasteiger partial charge is 0.331 e. The molecule has 0 radical (unpaired) electrons. The molecule has 0 aromatic carbocycles. The van der Waals surface area contributed by atoms with Crippen molar-refractivity contribution in [2.45, 2.75) is 0 Å². The normalized spacial score (nSPS) is 10.4. The fourth-order valence-electron chi connectivity index (χ4n) is 1.09. The van der Waals surface area contributed by atoms with Crippen LogP contribution in [0.15, 0.2) is 23.2 Å². The van der Waals surface area contributed by atoms with Gasteiger partial charge in [0, 0.05) is 13.2 Å². The fraction of sp³-hybridized carbons (Fsp3) is 0.125. The third kappa shape index (κ3) is 1.62. The third-order valence-corrected chi connectivity index (χ3v) is 3.00. The highest BCUT2D eigenvalue weighted by Crippen LogP contribution is 2.15. The molecule has 14 heavy (non-hydrogen) atoms. The van der Waals surface area contributed by atoms with E-state index in [2.05, 4.69) is 30.9 Å². The lowest BCUT2D eigenvalue weighted by atomic mass is 10.4. The molecule has 0 aliphatic heterocycles. The SMILES string of the molecule is Cn1cncc1-c1ncc(Br)c(=S)[nH]1. The van der Waals surface area contributed by atoms with Crippen LogP contribution in [0, 0.1) is 4.64 Å². The number of nitrogens with zero attached hydrogens (tertiary/aromatic N) is 3. The zero-order chi connectivity index (χ0) is 10.1. The minimum atomic E-state index is 0.635. The molecule has 2 aromatic rings. The van der Waals surface area contributed by atoms with Crippen LogP contribution in [0.3, 0.4) is 0 Å². The molecular weight excluding hydrogens is 264 g/mol. The Kier molecular flexibility index (Phi) is 2.47. The second-order valence-corrected chi connectivity index (χ2v) is 4.06. The van der Waals surface area contributed by atoms with Crippen LogP contribution in [-0.2, 0) is 7.05 Å². The number of hydrogen-bond acceptors (Lipinski definition) is 3. The summed E-state index contributed by atoms with van der Waals surface area (Å²) in [4.78, 5) is 11.2. The van der Waals surface area contributed by atoms with Crippen molar-refractivity contribution in [3.05, 3.63) is 27.8 Å². The van der Waals surface area contributed by atoms with E-state index in [9.17, 15) is 0 Å². The van der Waals surface area contributed by atoms with E-state index in [-0.39, 0.29) is 0 Å². The van der Waals surface area contributed by atoms with Crippen LogP contribution >= 0.6 is 28.1 Å². The fourth-order valence-corrected chi connectivity index (χ4v) is 1.45. The maximum absolute atomic E-state index is 5.09. The summed E-state index contributed by atoms with van der Waals surface area (Å²) in [5, 5.41) is 0. The van der Waals surface area contributed by atoms with E-state index < -0.39 is 0 Å². The van der Waals surface area contributed by atoms with Gasteiger partial charge < -0.3 is 9.55 Å². The quantitative estimate of drug-likeness (QED) is 0.809. The first-order valence-corrected chi connectivity index (χ1v) is 5.10. The van der Waals surface area contributed by atoms with Crippen molar-refractivity contribution in [2.24, 2.45) is 7.05 Å². The second kappa shape index (κ2) is 3.62. The molecule has 2 aromatic heterocycles. The Bertz CT molecular complexity index is 516. The molecule has 1 N–H and O–H groups in total. The lowest BCUT2D eigenvalue weighted by Crippen LogP contribution is -1.95. The molecule has 4 nitrogen and oxygen atoms in total. The number of H-pyrrole nitrogens is 1. The second-order valence-electron chi connectivity index (χ2n) is 2.80. The first-order valence-electron chi connectivity index (χ1n) is 3.90. The van der Waals surface area contributed by atoms with Gasteiger partial charge in [0.1, 0.15) is 10.3 Å². The maximum atomic E-state index is 5.09. The summed E-state index contributed by atoms with van der Waals surface area (Å²) < 4.78 is 3.30. The van der Waals surface area contributed by atoms with Gasteiger partial charge in [0.25, 0.3) is 0 Å². The Morgan fingerprint density at radius 3 is 2.86 bits per heavy atom. The molecule has 2 rings (SSSR count). The standard InChI is InChI=1S/C8H7BrN4S/c1-13-4-10-3-6(13)7-11-2-5(9)8(14)12-7/h2-4H,1H3,(H,11,12,14). The first-order chi connectivity index (χ1) is 6.68.